The number of ether oxygens (including phenoxy) is 2. The largest absolute Gasteiger partial charge is 0.496 e. The maximum Gasteiger partial charge on any atom is 0.122 e. The first-order valence-corrected chi connectivity index (χ1v) is 6.71. The van der Waals surface area contributed by atoms with Crippen molar-refractivity contribution in [2.45, 2.75) is 31.6 Å². The first-order chi connectivity index (χ1) is 8.75. The highest BCUT2D eigenvalue weighted by Crippen LogP contribution is 2.36. The van der Waals surface area contributed by atoms with Crippen molar-refractivity contribution in [2.24, 2.45) is 5.73 Å². The van der Waals surface area contributed by atoms with Gasteiger partial charge in [0.2, 0.25) is 0 Å². The van der Waals surface area contributed by atoms with Crippen molar-refractivity contribution < 1.29 is 9.47 Å². The average molecular weight is 249 g/mol. The van der Waals surface area contributed by atoms with E-state index in [-0.39, 0.29) is 5.41 Å². The summed E-state index contributed by atoms with van der Waals surface area (Å²) in [7, 11) is 1.72. The van der Waals surface area contributed by atoms with Gasteiger partial charge in [-0.15, -0.1) is 0 Å². The van der Waals surface area contributed by atoms with Gasteiger partial charge in [-0.1, -0.05) is 19.1 Å². The molecule has 0 spiro atoms. The molecule has 0 atom stereocenters. The monoisotopic (exact) mass is 249 g/mol. The topological polar surface area (TPSA) is 44.5 Å². The quantitative estimate of drug-likeness (QED) is 0.890. The molecule has 0 aromatic heterocycles. The normalized spacial score (nSPS) is 18.6. The maximum atomic E-state index is 6.05. The van der Waals surface area contributed by atoms with Crippen molar-refractivity contribution >= 4 is 0 Å². The Hall–Kier alpha value is -1.06. The lowest BCUT2D eigenvalue weighted by atomic mass is 9.74. The molecule has 1 aliphatic rings. The van der Waals surface area contributed by atoms with Crippen LogP contribution in [0.1, 0.15) is 30.9 Å². The van der Waals surface area contributed by atoms with Gasteiger partial charge in [0.25, 0.3) is 0 Å². The number of benzene rings is 1. The third kappa shape index (κ3) is 2.38. The lowest BCUT2D eigenvalue weighted by Crippen LogP contribution is -2.40. The van der Waals surface area contributed by atoms with Crippen molar-refractivity contribution in [3.8, 4) is 5.75 Å². The molecule has 2 rings (SSSR count). The number of hydrogen-bond donors (Lipinski definition) is 1. The predicted octanol–water partition coefficient (Wildman–Crippen LogP) is 2.26. The van der Waals surface area contributed by atoms with Crippen molar-refractivity contribution in [3.05, 3.63) is 29.3 Å². The van der Waals surface area contributed by atoms with E-state index in [4.69, 9.17) is 15.2 Å². The molecule has 1 aromatic carbocycles. The molecule has 1 fully saturated rings. The van der Waals surface area contributed by atoms with E-state index in [0.717, 1.165) is 38.2 Å². The molecule has 0 aliphatic carbocycles. The lowest BCUT2D eigenvalue weighted by Gasteiger charge is -2.37. The van der Waals surface area contributed by atoms with E-state index in [9.17, 15) is 0 Å². The fourth-order valence-electron chi connectivity index (χ4n) is 2.76. The first-order valence-electron chi connectivity index (χ1n) is 6.71. The Morgan fingerprint density at radius 1 is 1.33 bits per heavy atom. The third-order valence-corrected chi connectivity index (χ3v) is 4.11. The standard InChI is InChI=1S/C15H23NO2/c1-3-12-10-13(4-5-14(12)17-2)15(11-16)6-8-18-9-7-15/h4-5,10H,3,6-9,11,16H2,1-2H3. The van der Waals surface area contributed by atoms with Crippen LogP contribution in [-0.2, 0) is 16.6 Å². The van der Waals surface area contributed by atoms with Crippen molar-refractivity contribution in [3.63, 3.8) is 0 Å². The van der Waals surface area contributed by atoms with Crippen LogP contribution < -0.4 is 10.5 Å². The predicted molar refractivity (Wildman–Crippen MR) is 73.2 cm³/mol. The highest BCUT2D eigenvalue weighted by atomic mass is 16.5. The van der Waals surface area contributed by atoms with Crippen molar-refractivity contribution in [2.75, 3.05) is 26.9 Å². The second-order valence-electron chi connectivity index (χ2n) is 4.98. The second-order valence-corrected chi connectivity index (χ2v) is 4.98. The Morgan fingerprint density at radius 3 is 2.61 bits per heavy atom. The van der Waals surface area contributed by atoms with Crippen LogP contribution in [0, 0.1) is 0 Å². The number of rotatable bonds is 4. The fourth-order valence-corrected chi connectivity index (χ4v) is 2.76. The van der Waals surface area contributed by atoms with E-state index < -0.39 is 0 Å². The number of aryl methyl sites for hydroxylation is 1. The van der Waals surface area contributed by atoms with Gasteiger partial charge in [0.05, 0.1) is 7.11 Å². The molecule has 0 bridgehead atoms. The van der Waals surface area contributed by atoms with Crippen molar-refractivity contribution in [1.82, 2.24) is 0 Å². The number of methoxy groups -OCH3 is 1. The van der Waals surface area contributed by atoms with Crippen LogP contribution in [0.3, 0.4) is 0 Å². The Balaban J connectivity index is 2.36. The second kappa shape index (κ2) is 5.72. The minimum atomic E-state index is 0.0917. The van der Waals surface area contributed by atoms with Gasteiger partial charge in [-0.05, 0) is 36.5 Å². The first kappa shape index (κ1) is 13.4. The molecule has 0 unspecified atom stereocenters. The van der Waals surface area contributed by atoms with Crippen LogP contribution in [0.25, 0.3) is 0 Å². The summed E-state index contributed by atoms with van der Waals surface area (Å²) in [5.41, 5.74) is 8.73. The van der Waals surface area contributed by atoms with Crippen LogP contribution in [0.5, 0.6) is 5.75 Å². The Morgan fingerprint density at radius 2 is 2.06 bits per heavy atom. The van der Waals surface area contributed by atoms with Gasteiger partial charge in [-0.2, -0.15) is 0 Å². The maximum absolute atomic E-state index is 6.05. The van der Waals surface area contributed by atoms with Crippen LogP contribution in [-0.4, -0.2) is 26.9 Å². The molecular formula is C15H23NO2. The molecule has 0 amide bonds. The zero-order valence-electron chi connectivity index (χ0n) is 11.4. The summed E-state index contributed by atoms with van der Waals surface area (Å²) in [5.74, 6) is 0.973. The Kier molecular flexibility index (Phi) is 4.25. The van der Waals surface area contributed by atoms with Gasteiger partial charge >= 0.3 is 0 Å². The summed E-state index contributed by atoms with van der Waals surface area (Å²) in [5, 5.41) is 0. The van der Waals surface area contributed by atoms with E-state index in [2.05, 4.69) is 25.1 Å². The minimum absolute atomic E-state index is 0.0917. The molecule has 1 aliphatic heterocycles. The van der Waals surface area contributed by atoms with Crippen LogP contribution in [0.4, 0.5) is 0 Å². The summed E-state index contributed by atoms with van der Waals surface area (Å²) >= 11 is 0. The molecule has 0 saturated carbocycles. The summed E-state index contributed by atoms with van der Waals surface area (Å²) < 4.78 is 10.9. The molecule has 100 valence electrons. The molecule has 1 heterocycles. The summed E-state index contributed by atoms with van der Waals surface area (Å²) in [6.07, 6.45) is 3.01. The molecular weight excluding hydrogens is 226 g/mol. The van der Waals surface area contributed by atoms with Crippen LogP contribution >= 0.6 is 0 Å². The van der Waals surface area contributed by atoms with E-state index in [0.29, 0.717) is 6.54 Å². The molecule has 1 saturated heterocycles. The minimum Gasteiger partial charge on any atom is -0.496 e. The summed E-state index contributed by atoms with van der Waals surface area (Å²) in [6.45, 7) is 4.46. The molecule has 18 heavy (non-hydrogen) atoms. The van der Waals surface area contributed by atoms with E-state index >= 15 is 0 Å². The van der Waals surface area contributed by atoms with E-state index in [1.54, 1.807) is 7.11 Å². The molecule has 3 heteroatoms. The SMILES string of the molecule is CCc1cc(C2(CN)CCOCC2)ccc1OC. The van der Waals surface area contributed by atoms with E-state index in [1.165, 1.54) is 11.1 Å². The average Bonchev–Trinajstić information content (AvgIpc) is 2.47. The van der Waals surface area contributed by atoms with Gasteiger partial charge in [0.1, 0.15) is 5.75 Å². The van der Waals surface area contributed by atoms with Gasteiger partial charge in [-0.25, -0.2) is 0 Å². The van der Waals surface area contributed by atoms with Gasteiger partial charge in [-0.3, -0.25) is 0 Å². The fraction of sp³-hybridized carbons (Fsp3) is 0.600. The van der Waals surface area contributed by atoms with Crippen LogP contribution in [0.2, 0.25) is 0 Å². The molecule has 1 aromatic rings. The van der Waals surface area contributed by atoms with Crippen LogP contribution in [0.15, 0.2) is 18.2 Å². The summed E-state index contributed by atoms with van der Waals surface area (Å²) in [6, 6.07) is 6.49. The Bertz CT molecular complexity index is 397. The Labute approximate surface area is 109 Å². The van der Waals surface area contributed by atoms with Gasteiger partial charge in [0, 0.05) is 25.2 Å². The van der Waals surface area contributed by atoms with Gasteiger partial charge < -0.3 is 15.2 Å². The highest BCUT2D eigenvalue weighted by molar-refractivity contribution is 5.40. The molecule has 0 radical (unpaired) electrons. The zero-order valence-corrected chi connectivity index (χ0v) is 11.4. The van der Waals surface area contributed by atoms with Crippen molar-refractivity contribution in [1.29, 1.82) is 0 Å². The molecule has 2 N–H and O–H groups in total. The van der Waals surface area contributed by atoms with E-state index in [1.807, 2.05) is 0 Å². The zero-order chi connectivity index (χ0) is 13.0. The number of hydrogen-bond acceptors (Lipinski definition) is 3. The number of nitrogens with two attached hydrogens (primary N) is 1. The van der Waals surface area contributed by atoms with Gasteiger partial charge in [0.15, 0.2) is 0 Å². The third-order valence-electron chi connectivity index (χ3n) is 4.11. The smallest absolute Gasteiger partial charge is 0.122 e. The lowest BCUT2D eigenvalue weighted by molar-refractivity contribution is 0.0529. The molecule has 3 nitrogen and oxygen atoms in total. The summed E-state index contributed by atoms with van der Waals surface area (Å²) in [4.78, 5) is 0. The highest BCUT2D eigenvalue weighted by Gasteiger charge is 2.33.